The van der Waals surface area contributed by atoms with Gasteiger partial charge in [-0.3, -0.25) is 0 Å². The third kappa shape index (κ3) is 6.21. The minimum atomic E-state index is 0.505. The summed E-state index contributed by atoms with van der Waals surface area (Å²) >= 11 is 7.12. The predicted molar refractivity (Wildman–Crippen MR) is 196 cm³/mol. The maximum Gasteiger partial charge on any atom is 0.164 e. The lowest BCUT2D eigenvalue weighted by molar-refractivity contribution is 1.07. The molecule has 0 spiro atoms. The minimum absolute atomic E-state index is 0.505. The van der Waals surface area contributed by atoms with Gasteiger partial charge in [0, 0.05) is 44.0 Å². The maximum atomic E-state index is 7.12. The van der Waals surface area contributed by atoms with E-state index in [4.69, 9.17) is 41.5 Å². The van der Waals surface area contributed by atoms with Gasteiger partial charge in [0.05, 0.1) is 0 Å². The molecule has 0 amide bonds. The Kier molecular flexibility index (Phi) is 8.20. The number of rotatable bonds is 7. The molecule has 0 atom stereocenters. The van der Waals surface area contributed by atoms with Crippen LogP contribution in [0.25, 0.3) is 79.5 Å². The summed E-state index contributed by atoms with van der Waals surface area (Å²) in [6.45, 7) is 0. The summed E-state index contributed by atoms with van der Waals surface area (Å²) in [4.78, 5) is 29.8. The zero-order valence-electron chi connectivity index (χ0n) is 26.1. The molecule has 0 aliphatic carbocycles. The number of hydrogen-bond donors (Lipinski definition) is 0. The third-order valence-electron chi connectivity index (χ3n) is 8.09. The highest BCUT2D eigenvalue weighted by molar-refractivity contribution is 6.34. The van der Waals surface area contributed by atoms with E-state index in [1.165, 1.54) is 0 Å². The lowest BCUT2D eigenvalue weighted by Gasteiger charge is -2.16. The van der Waals surface area contributed by atoms with Crippen molar-refractivity contribution in [3.05, 3.63) is 169 Å². The first-order valence-corrected chi connectivity index (χ1v) is 16.2. The molecule has 2 heterocycles. The van der Waals surface area contributed by atoms with E-state index in [1.807, 2.05) is 164 Å². The quantitative estimate of drug-likeness (QED) is 0.171. The minimum Gasteiger partial charge on any atom is -0.208 e. The van der Waals surface area contributed by atoms with Gasteiger partial charge >= 0.3 is 0 Å². The van der Waals surface area contributed by atoms with Crippen molar-refractivity contribution in [2.45, 2.75) is 0 Å². The summed E-state index contributed by atoms with van der Waals surface area (Å²) < 4.78 is 0. The Morgan fingerprint density at radius 2 is 0.571 bits per heavy atom. The molecule has 49 heavy (non-hydrogen) atoms. The molecule has 8 rings (SSSR count). The van der Waals surface area contributed by atoms with Crippen molar-refractivity contribution in [2.75, 3.05) is 0 Å². The first-order valence-electron chi connectivity index (χ1n) is 15.8. The van der Waals surface area contributed by atoms with Crippen molar-refractivity contribution in [2.24, 2.45) is 0 Å². The average Bonchev–Trinajstić information content (AvgIpc) is 3.19. The van der Waals surface area contributed by atoms with Crippen molar-refractivity contribution in [3.63, 3.8) is 0 Å². The van der Waals surface area contributed by atoms with E-state index in [2.05, 4.69) is 0 Å². The molecule has 232 valence electrons. The standard InChI is InChI=1S/C42H27ClN6/c43-35-27-15-26-34(42-48-39(30-20-9-3-10-21-30)45-40(49-42)31-22-11-4-12-23-31)36(35)32-24-13-14-25-33(32)41-46-37(28-16-5-1-6-17-28)44-38(47-41)29-18-7-2-8-19-29/h1-27H. The Morgan fingerprint density at radius 3 is 0.980 bits per heavy atom. The van der Waals surface area contributed by atoms with Crippen LogP contribution < -0.4 is 0 Å². The van der Waals surface area contributed by atoms with Gasteiger partial charge in [-0.05, 0) is 11.6 Å². The summed E-state index contributed by atoms with van der Waals surface area (Å²) in [6.07, 6.45) is 0. The largest absolute Gasteiger partial charge is 0.208 e. The van der Waals surface area contributed by atoms with Gasteiger partial charge in [0.25, 0.3) is 0 Å². The van der Waals surface area contributed by atoms with Gasteiger partial charge in [-0.15, -0.1) is 0 Å². The molecule has 7 heteroatoms. The number of hydrogen-bond acceptors (Lipinski definition) is 6. The van der Waals surface area contributed by atoms with Gasteiger partial charge in [-0.1, -0.05) is 169 Å². The van der Waals surface area contributed by atoms with Gasteiger partial charge < -0.3 is 0 Å². The molecule has 0 aliphatic heterocycles. The van der Waals surface area contributed by atoms with Crippen molar-refractivity contribution in [1.82, 2.24) is 29.9 Å². The van der Waals surface area contributed by atoms with E-state index in [9.17, 15) is 0 Å². The molecule has 0 bridgehead atoms. The van der Waals surface area contributed by atoms with Crippen molar-refractivity contribution in [1.29, 1.82) is 0 Å². The van der Waals surface area contributed by atoms with Crippen molar-refractivity contribution >= 4 is 11.6 Å². The highest BCUT2D eigenvalue weighted by atomic mass is 35.5. The normalized spacial score (nSPS) is 11.0. The second-order valence-electron chi connectivity index (χ2n) is 11.3. The smallest absolute Gasteiger partial charge is 0.164 e. The van der Waals surface area contributed by atoms with Gasteiger partial charge in [0.1, 0.15) is 0 Å². The third-order valence-corrected chi connectivity index (χ3v) is 8.41. The molecule has 0 aliphatic rings. The fourth-order valence-electron chi connectivity index (χ4n) is 5.74. The molecule has 0 saturated carbocycles. The molecule has 0 unspecified atom stereocenters. The van der Waals surface area contributed by atoms with Gasteiger partial charge in [0.2, 0.25) is 0 Å². The Bertz CT molecular complexity index is 2270. The van der Waals surface area contributed by atoms with E-state index < -0.39 is 0 Å². The zero-order chi connectivity index (χ0) is 33.0. The molecule has 0 N–H and O–H groups in total. The van der Waals surface area contributed by atoms with E-state index in [0.717, 1.165) is 44.5 Å². The van der Waals surface area contributed by atoms with Gasteiger partial charge in [0.15, 0.2) is 34.9 Å². The van der Waals surface area contributed by atoms with Gasteiger partial charge in [-0.25, -0.2) is 29.9 Å². The summed E-state index contributed by atoms with van der Waals surface area (Å²) in [5.41, 5.74) is 6.74. The van der Waals surface area contributed by atoms with Crippen molar-refractivity contribution in [3.8, 4) is 79.5 Å². The van der Waals surface area contributed by atoms with Crippen LogP contribution in [0.3, 0.4) is 0 Å². The second kappa shape index (κ2) is 13.4. The zero-order valence-corrected chi connectivity index (χ0v) is 26.9. The monoisotopic (exact) mass is 650 g/mol. The average molecular weight is 651 g/mol. The lowest BCUT2D eigenvalue weighted by atomic mass is 9.94. The van der Waals surface area contributed by atoms with Crippen LogP contribution in [0.1, 0.15) is 0 Å². The fraction of sp³-hybridized carbons (Fsp3) is 0. The van der Waals surface area contributed by atoms with Crippen molar-refractivity contribution < 1.29 is 0 Å². The number of benzene rings is 6. The van der Waals surface area contributed by atoms with E-state index in [1.54, 1.807) is 0 Å². The van der Waals surface area contributed by atoms with E-state index >= 15 is 0 Å². The van der Waals surface area contributed by atoms with Crippen LogP contribution in [-0.4, -0.2) is 29.9 Å². The highest BCUT2D eigenvalue weighted by Gasteiger charge is 2.22. The van der Waals surface area contributed by atoms with Crippen LogP contribution in [0.5, 0.6) is 0 Å². The summed E-state index contributed by atoms with van der Waals surface area (Å²) in [5, 5.41) is 0.550. The van der Waals surface area contributed by atoms with Crippen LogP contribution in [0.4, 0.5) is 0 Å². The Morgan fingerprint density at radius 1 is 0.265 bits per heavy atom. The van der Waals surface area contributed by atoms with Crippen LogP contribution in [0, 0.1) is 0 Å². The number of aromatic nitrogens is 6. The molecule has 2 aromatic heterocycles. The van der Waals surface area contributed by atoms with Crippen LogP contribution in [-0.2, 0) is 0 Å². The lowest BCUT2D eigenvalue weighted by Crippen LogP contribution is -2.03. The van der Waals surface area contributed by atoms with E-state index in [0.29, 0.717) is 40.0 Å². The number of halogens is 1. The molecule has 6 nitrogen and oxygen atoms in total. The Hall–Kier alpha value is -6.37. The van der Waals surface area contributed by atoms with Gasteiger partial charge in [-0.2, -0.15) is 0 Å². The molecule has 0 fully saturated rings. The second-order valence-corrected chi connectivity index (χ2v) is 11.7. The molecule has 0 radical (unpaired) electrons. The summed E-state index contributed by atoms with van der Waals surface area (Å²) in [7, 11) is 0. The fourth-order valence-corrected chi connectivity index (χ4v) is 6.01. The predicted octanol–water partition coefficient (Wildman–Crippen LogP) is 10.4. The molecular formula is C42H27ClN6. The Balaban J connectivity index is 1.35. The van der Waals surface area contributed by atoms with E-state index in [-0.39, 0.29) is 0 Å². The molecule has 8 aromatic rings. The first kappa shape index (κ1) is 30.0. The Labute approximate surface area is 288 Å². The maximum absolute atomic E-state index is 7.12. The summed E-state index contributed by atoms with van der Waals surface area (Å²) in [6, 6.07) is 53.5. The number of nitrogens with zero attached hydrogens (tertiary/aromatic N) is 6. The summed E-state index contributed by atoms with van der Waals surface area (Å²) in [5.74, 6) is 3.33. The molecular weight excluding hydrogens is 624 g/mol. The van der Waals surface area contributed by atoms with Crippen LogP contribution in [0.15, 0.2) is 164 Å². The van der Waals surface area contributed by atoms with Crippen LogP contribution >= 0.6 is 11.6 Å². The SMILES string of the molecule is Clc1cccc(-c2nc(-c3ccccc3)nc(-c3ccccc3)n2)c1-c1ccccc1-c1nc(-c2ccccc2)nc(-c2ccccc2)n1. The highest BCUT2D eigenvalue weighted by Crippen LogP contribution is 2.41. The molecule has 0 saturated heterocycles. The molecule has 6 aromatic carbocycles. The topological polar surface area (TPSA) is 77.3 Å². The van der Waals surface area contributed by atoms with Crippen LogP contribution in [0.2, 0.25) is 5.02 Å². The first-order chi connectivity index (χ1) is 24.2.